The molecule has 0 aromatic carbocycles. The molecule has 0 aliphatic rings. The molecule has 0 amide bonds. The zero-order chi connectivity index (χ0) is 14.8. The fraction of sp³-hybridized carbons (Fsp3) is 0.455. The van der Waals surface area contributed by atoms with Gasteiger partial charge in [0.15, 0.2) is 0 Å². The molecule has 2 aromatic rings. The van der Waals surface area contributed by atoms with Crippen molar-refractivity contribution in [2.45, 2.75) is 18.0 Å². The highest BCUT2D eigenvalue weighted by Crippen LogP contribution is 2.15. The first-order valence-electron chi connectivity index (χ1n) is 5.96. The summed E-state index contributed by atoms with van der Waals surface area (Å²) in [6, 6.07) is 0. The lowest BCUT2D eigenvalue weighted by atomic mass is 10.4. The minimum atomic E-state index is -3.56. The molecule has 0 aliphatic carbocycles. The Balaban J connectivity index is 2.15. The normalized spacial score (nSPS) is 12.2. The molecule has 20 heavy (non-hydrogen) atoms. The van der Waals surface area contributed by atoms with Crippen molar-refractivity contribution in [1.29, 1.82) is 0 Å². The summed E-state index contributed by atoms with van der Waals surface area (Å²) in [7, 11) is -0.241. The lowest BCUT2D eigenvalue weighted by Gasteiger charge is -2.14. The van der Waals surface area contributed by atoms with Crippen molar-refractivity contribution in [3.05, 3.63) is 30.4 Å². The van der Waals surface area contributed by atoms with E-state index in [1.807, 2.05) is 0 Å². The Bertz CT molecular complexity index is 679. The lowest BCUT2D eigenvalue weighted by molar-refractivity contribution is 0.466. The van der Waals surface area contributed by atoms with Gasteiger partial charge in [0, 0.05) is 44.5 Å². The van der Waals surface area contributed by atoms with Gasteiger partial charge in [0.1, 0.15) is 4.90 Å². The summed E-state index contributed by atoms with van der Waals surface area (Å²) < 4.78 is 29.2. The number of aromatic nitrogens is 4. The quantitative estimate of drug-likeness (QED) is 0.734. The van der Waals surface area contributed by atoms with Crippen LogP contribution in [-0.4, -0.2) is 45.2 Å². The largest absolute Gasteiger partial charge is 0.275 e. The van der Waals surface area contributed by atoms with Gasteiger partial charge < -0.3 is 0 Å². The van der Waals surface area contributed by atoms with Crippen molar-refractivity contribution in [3.63, 3.8) is 0 Å². The van der Waals surface area contributed by atoms with E-state index in [2.05, 4.69) is 10.2 Å². The van der Waals surface area contributed by atoms with Gasteiger partial charge in [0.2, 0.25) is 10.0 Å². The number of rotatable bonds is 6. The maximum absolute atomic E-state index is 12.4. The third-order valence-corrected chi connectivity index (χ3v) is 4.72. The second-order valence-electron chi connectivity index (χ2n) is 4.41. The summed E-state index contributed by atoms with van der Waals surface area (Å²) in [5, 5.41) is 7.99. The summed E-state index contributed by atoms with van der Waals surface area (Å²) in [6.07, 6.45) is 6.24. The molecule has 9 heteroatoms. The number of hydrogen-bond donors (Lipinski definition) is 0. The van der Waals surface area contributed by atoms with E-state index in [1.54, 1.807) is 24.1 Å². The average Bonchev–Trinajstić information content (AvgIpc) is 2.99. The summed E-state index contributed by atoms with van der Waals surface area (Å²) in [5.41, 5.74) is 0.826. The van der Waals surface area contributed by atoms with Crippen molar-refractivity contribution in [2.75, 3.05) is 12.9 Å². The Hall–Kier alpha value is -1.38. The predicted molar refractivity (Wildman–Crippen MR) is 74.8 cm³/mol. The van der Waals surface area contributed by atoms with Crippen LogP contribution in [0.2, 0.25) is 0 Å². The van der Waals surface area contributed by atoms with Crippen molar-refractivity contribution >= 4 is 21.6 Å². The highest BCUT2D eigenvalue weighted by molar-refractivity contribution is 7.89. The Morgan fingerprint density at radius 3 is 2.65 bits per heavy atom. The Kier molecular flexibility index (Phi) is 4.46. The lowest BCUT2D eigenvalue weighted by Crippen LogP contribution is -2.26. The highest BCUT2D eigenvalue weighted by atomic mass is 35.5. The molecule has 0 radical (unpaired) electrons. The van der Waals surface area contributed by atoms with Crippen molar-refractivity contribution in [1.82, 2.24) is 23.9 Å². The van der Waals surface area contributed by atoms with Crippen LogP contribution in [0, 0.1) is 0 Å². The van der Waals surface area contributed by atoms with Crippen LogP contribution in [0.4, 0.5) is 0 Å². The Morgan fingerprint density at radius 1 is 1.30 bits per heavy atom. The minimum absolute atomic E-state index is 0.161. The summed E-state index contributed by atoms with van der Waals surface area (Å²) in [4.78, 5) is 0.161. The monoisotopic (exact) mass is 317 g/mol. The summed E-state index contributed by atoms with van der Waals surface area (Å²) >= 11 is 5.60. The number of alkyl halides is 1. The fourth-order valence-electron chi connectivity index (χ4n) is 1.76. The molecule has 0 saturated heterocycles. The van der Waals surface area contributed by atoms with Crippen LogP contribution in [0.25, 0.3) is 0 Å². The van der Waals surface area contributed by atoms with E-state index in [4.69, 9.17) is 11.6 Å². The Morgan fingerprint density at radius 2 is 2.05 bits per heavy atom. The van der Waals surface area contributed by atoms with Gasteiger partial charge in [-0.1, -0.05) is 0 Å². The molecule has 0 bridgehead atoms. The first-order chi connectivity index (χ1) is 9.43. The number of sulfonamides is 1. The van der Waals surface area contributed by atoms with Crippen LogP contribution in [0.3, 0.4) is 0 Å². The molecule has 2 aromatic heterocycles. The number of hydrogen-bond acceptors (Lipinski definition) is 4. The molecule has 0 spiro atoms. The zero-order valence-corrected chi connectivity index (χ0v) is 12.8. The van der Waals surface area contributed by atoms with Gasteiger partial charge in [-0.3, -0.25) is 9.36 Å². The summed E-state index contributed by atoms with van der Waals surface area (Å²) in [6.45, 7) is 0.736. The van der Waals surface area contributed by atoms with E-state index < -0.39 is 10.0 Å². The molecule has 0 N–H and O–H groups in total. The van der Waals surface area contributed by atoms with Crippen LogP contribution in [0.1, 0.15) is 5.56 Å². The number of aryl methyl sites for hydroxylation is 2. The van der Waals surface area contributed by atoms with Gasteiger partial charge in [-0.15, -0.1) is 11.6 Å². The molecular formula is C11H16ClN5O2S. The first-order valence-corrected chi connectivity index (χ1v) is 7.93. The minimum Gasteiger partial charge on any atom is -0.275 e. The highest BCUT2D eigenvalue weighted by Gasteiger charge is 2.23. The van der Waals surface area contributed by atoms with Crippen molar-refractivity contribution in [3.8, 4) is 0 Å². The molecule has 0 atom stereocenters. The van der Waals surface area contributed by atoms with E-state index in [9.17, 15) is 8.42 Å². The van der Waals surface area contributed by atoms with E-state index in [-0.39, 0.29) is 11.4 Å². The van der Waals surface area contributed by atoms with E-state index in [0.717, 1.165) is 5.56 Å². The second kappa shape index (κ2) is 5.94. The number of nitrogens with zero attached hydrogens (tertiary/aromatic N) is 5. The number of halogens is 1. The summed E-state index contributed by atoms with van der Waals surface area (Å²) in [5.74, 6) is 0.382. The zero-order valence-electron chi connectivity index (χ0n) is 11.3. The van der Waals surface area contributed by atoms with E-state index in [0.29, 0.717) is 12.4 Å². The second-order valence-corrected chi connectivity index (χ2v) is 6.83. The molecule has 110 valence electrons. The van der Waals surface area contributed by atoms with Crippen LogP contribution >= 0.6 is 11.6 Å². The van der Waals surface area contributed by atoms with Gasteiger partial charge in [-0.2, -0.15) is 14.5 Å². The van der Waals surface area contributed by atoms with Gasteiger partial charge in [0.25, 0.3) is 0 Å². The molecular weight excluding hydrogens is 302 g/mol. The first kappa shape index (κ1) is 15.0. The molecule has 2 heterocycles. The molecule has 2 rings (SSSR count). The van der Waals surface area contributed by atoms with Crippen LogP contribution in [0.15, 0.2) is 29.7 Å². The molecule has 7 nitrogen and oxygen atoms in total. The van der Waals surface area contributed by atoms with Crippen molar-refractivity contribution < 1.29 is 8.42 Å². The van der Waals surface area contributed by atoms with E-state index in [1.165, 1.54) is 28.4 Å². The van der Waals surface area contributed by atoms with Gasteiger partial charge in [-0.25, -0.2) is 8.42 Å². The maximum atomic E-state index is 12.4. The van der Waals surface area contributed by atoms with Crippen LogP contribution < -0.4 is 0 Å². The van der Waals surface area contributed by atoms with Crippen molar-refractivity contribution in [2.24, 2.45) is 7.05 Å². The predicted octanol–water partition coefficient (Wildman–Crippen LogP) is 0.676. The maximum Gasteiger partial charge on any atom is 0.246 e. The molecule has 0 aliphatic heterocycles. The van der Waals surface area contributed by atoms with Gasteiger partial charge in [0.05, 0.1) is 18.9 Å². The van der Waals surface area contributed by atoms with Crippen LogP contribution in [0.5, 0.6) is 0 Å². The molecule has 0 unspecified atom stereocenters. The smallest absolute Gasteiger partial charge is 0.246 e. The SMILES string of the molecule is CN(Cc1cnn(C)c1)S(=O)(=O)c1cnn(CCCl)c1. The van der Waals surface area contributed by atoms with Crippen LogP contribution in [-0.2, 0) is 30.2 Å². The topological polar surface area (TPSA) is 73.0 Å². The molecule has 0 fully saturated rings. The third-order valence-electron chi connectivity index (χ3n) is 2.79. The fourth-order valence-corrected chi connectivity index (χ4v) is 3.05. The Labute approximate surface area is 122 Å². The van der Waals surface area contributed by atoms with Gasteiger partial charge >= 0.3 is 0 Å². The van der Waals surface area contributed by atoms with E-state index >= 15 is 0 Å². The average molecular weight is 318 g/mol. The molecule has 0 saturated carbocycles. The third kappa shape index (κ3) is 3.20. The standard InChI is InChI=1S/C11H16ClN5O2S/c1-15-7-10(5-13-15)8-16(2)20(18,19)11-6-14-17(9-11)4-3-12/h5-7,9H,3-4,8H2,1-2H3. The van der Waals surface area contributed by atoms with Gasteiger partial charge in [-0.05, 0) is 0 Å².